The fraction of sp³-hybridized carbons (Fsp3) is 0.429. The number of carbonyl (C=O) groups excluding carboxylic acids is 1. The molecule has 0 aliphatic heterocycles. The Labute approximate surface area is 105 Å². The standard InChI is InChI=1S/C14H15NO3/c16-13(12-10-5-2-6-11(10)12)15-9-4-1-3-8(7-9)14(17)18/h1,3-4,7,10-12H,2,5-6H2,(H,15,16)(H,17,18). The van der Waals surface area contributed by atoms with Crippen LogP contribution in [0, 0.1) is 17.8 Å². The number of hydrogen-bond acceptors (Lipinski definition) is 2. The van der Waals surface area contributed by atoms with Crippen LogP contribution < -0.4 is 5.32 Å². The maximum Gasteiger partial charge on any atom is 0.335 e. The second kappa shape index (κ2) is 4.12. The van der Waals surface area contributed by atoms with E-state index in [9.17, 15) is 9.59 Å². The summed E-state index contributed by atoms with van der Waals surface area (Å²) >= 11 is 0. The number of hydrogen-bond donors (Lipinski definition) is 2. The molecule has 2 saturated carbocycles. The Morgan fingerprint density at radius 2 is 1.94 bits per heavy atom. The SMILES string of the molecule is O=C(O)c1cccc(NC(=O)C2C3CCCC32)c1. The molecule has 0 spiro atoms. The summed E-state index contributed by atoms with van der Waals surface area (Å²) in [6.07, 6.45) is 3.57. The number of rotatable bonds is 3. The summed E-state index contributed by atoms with van der Waals surface area (Å²) in [7, 11) is 0. The first-order valence-corrected chi connectivity index (χ1v) is 6.31. The van der Waals surface area contributed by atoms with Crippen LogP contribution in [0.25, 0.3) is 0 Å². The number of aromatic carboxylic acids is 1. The summed E-state index contributed by atoms with van der Waals surface area (Å²) in [6.45, 7) is 0. The maximum absolute atomic E-state index is 12.0. The summed E-state index contributed by atoms with van der Waals surface area (Å²) in [6, 6.07) is 6.39. The number of amides is 1. The number of fused-ring (bicyclic) bond motifs is 1. The van der Waals surface area contributed by atoms with Crippen LogP contribution in [0.15, 0.2) is 24.3 Å². The van der Waals surface area contributed by atoms with Crippen LogP contribution in [-0.2, 0) is 4.79 Å². The lowest BCUT2D eigenvalue weighted by molar-refractivity contribution is -0.118. The van der Waals surface area contributed by atoms with Crippen molar-refractivity contribution in [1.29, 1.82) is 0 Å². The minimum atomic E-state index is -0.977. The second-order valence-corrected chi connectivity index (χ2v) is 5.16. The molecular formula is C14H15NO3. The minimum absolute atomic E-state index is 0.0484. The lowest BCUT2D eigenvalue weighted by Crippen LogP contribution is -2.16. The largest absolute Gasteiger partial charge is 0.478 e. The molecule has 1 amide bonds. The molecule has 2 N–H and O–H groups in total. The number of nitrogens with one attached hydrogen (secondary N) is 1. The maximum atomic E-state index is 12.0. The van der Waals surface area contributed by atoms with Crippen molar-refractivity contribution >= 4 is 17.6 Å². The Morgan fingerprint density at radius 3 is 2.61 bits per heavy atom. The molecule has 0 bridgehead atoms. The van der Waals surface area contributed by atoms with E-state index in [-0.39, 0.29) is 17.4 Å². The smallest absolute Gasteiger partial charge is 0.335 e. The average molecular weight is 245 g/mol. The highest BCUT2D eigenvalue weighted by atomic mass is 16.4. The molecule has 2 aliphatic carbocycles. The Hall–Kier alpha value is -1.84. The van der Waals surface area contributed by atoms with E-state index in [1.54, 1.807) is 12.1 Å². The van der Waals surface area contributed by atoms with Gasteiger partial charge in [-0.05, 0) is 42.9 Å². The highest BCUT2D eigenvalue weighted by molar-refractivity contribution is 5.96. The Morgan fingerprint density at radius 1 is 1.22 bits per heavy atom. The lowest BCUT2D eigenvalue weighted by atomic mass is 10.1. The van der Waals surface area contributed by atoms with Gasteiger partial charge in [-0.1, -0.05) is 12.5 Å². The summed E-state index contributed by atoms with van der Waals surface area (Å²) in [5.41, 5.74) is 0.772. The fourth-order valence-electron chi connectivity index (χ4n) is 3.17. The zero-order valence-electron chi connectivity index (χ0n) is 9.93. The van der Waals surface area contributed by atoms with Gasteiger partial charge in [-0.25, -0.2) is 4.79 Å². The van der Waals surface area contributed by atoms with E-state index in [4.69, 9.17) is 5.11 Å². The second-order valence-electron chi connectivity index (χ2n) is 5.16. The Kier molecular flexibility index (Phi) is 2.58. The third kappa shape index (κ3) is 1.88. The zero-order chi connectivity index (χ0) is 12.7. The fourth-order valence-corrected chi connectivity index (χ4v) is 3.17. The molecule has 0 aromatic heterocycles. The third-order valence-electron chi connectivity index (χ3n) is 4.09. The van der Waals surface area contributed by atoms with Crippen molar-refractivity contribution in [2.75, 3.05) is 5.32 Å². The molecule has 1 aromatic rings. The van der Waals surface area contributed by atoms with Gasteiger partial charge < -0.3 is 10.4 Å². The zero-order valence-corrected chi connectivity index (χ0v) is 9.93. The molecule has 18 heavy (non-hydrogen) atoms. The van der Waals surface area contributed by atoms with E-state index in [2.05, 4.69) is 5.32 Å². The minimum Gasteiger partial charge on any atom is -0.478 e. The first-order chi connectivity index (χ1) is 8.66. The summed E-state index contributed by atoms with van der Waals surface area (Å²) in [4.78, 5) is 22.8. The molecule has 0 heterocycles. The number of benzene rings is 1. The van der Waals surface area contributed by atoms with Gasteiger partial charge in [0, 0.05) is 11.6 Å². The average Bonchev–Trinajstić information content (AvgIpc) is 2.84. The molecule has 0 saturated heterocycles. The molecule has 2 unspecified atom stereocenters. The van der Waals surface area contributed by atoms with E-state index in [1.165, 1.54) is 18.6 Å². The van der Waals surface area contributed by atoms with Gasteiger partial charge >= 0.3 is 5.97 Å². The van der Waals surface area contributed by atoms with Crippen LogP contribution in [0.3, 0.4) is 0 Å². The summed E-state index contributed by atoms with van der Waals surface area (Å²) in [5.74, 6) is 0.383. The highest BCUT2D eigenvalue weighted by Gasteiger charge is 2.56. The van der Waals surface area contributed by atoms with E-state index in [1.807, 2.05) is 0 Å². The van der Waals surface area contributed by atoms with E-state index < -0.39 is 5.97 Å². The van der Waals surface area contributed by atoms with Gasteiger partial charge in [-0.3, -0.25) is 4.79 Å². The van der Waals surface area contributed by atoms with Crippen molar-refractivity contribution in [1.82, 2.24) is 0 Å². The Balaban J connectivity index is 1.67. The van der Waals surface area contributed by atoms with Crippen LogP contribution in [0.2, 0.25) is 0 Å². The third-order valence-corrected chi connectivity index (χ3v) is 4.09. The van der Waals surface area contributed by atoms with E-state index in [0.29, 0.717) is 17.5 Å². The van der Waals surface area contributed by atoms with Crippen LogP contribution in [0.1, 0.15) is 29.6 Å². The van der Waals surface area contributed by atoms with Crippen LogP contribution in [0.4, 0.5) is 5.69 Å². The van der Waals surface area contributed by atoms with Crippen LogP contribution in [0.5, 0.6) is 0 Å². The summed E-state index contributed by atoms with van der Waals surface area (Å²) in [5, 5.41) is 11.7. The van der Waals surface area contributed by atoms with Crippen LogP contribution in [-0.4, -0.2) is 17.0 Å². The van der Waals surface area contributed by atoms with Crippen molar-refractivity contribution in [3.63, 3.8) is 0 Å². The number of carbonyl (C=O) groups is 2. The first-order valence-electron chi connectivity index (χ1n) is 6.31. The van der Waals surface area contributed by atoms with Crippen molar-refractivity contribution in [2.24, 2.45) is 17.8 Å². The van der Waals surface area contributed by atoms with Crippen LogP contribution >= 0.6 is 0 Å². The molecule has 2 atom stereocenters. The normalized spacial score (nSPS) is 28.6. The van der Waals surface area contributed by atoms with Gasteiger partial charge in [0.15, 0.2) is 0 Å². The first kappa shape index (κ1) is 11.3. The molecule has 3 rings (SSSR count). The number of carboxylic acid groups (broad SMARTS) is 1. The quantitative estimate of drug-likeness (QED) is 0.859. The number of anilines is 1. The predicted molar refractivity (Wildman–Crippen MR) is 66.4 cm³/mol. The van der Waals surface area contributed by atoms with Crippen molar-refractivity contribution in [3.8, 4) is 0 Å². The topological polar surface area (TPSA) is 66.4 Å². The molecule has 2 aliphatic rings. The lowest BCUT2D eigenvalue weighted by Gasteiger charge is -2.07. The van der Waals surface area contributed by atoms with Crippen molar-refractivity contribution in [3.05, 3.63) is 29.8 Å². The van der Waals surface area contributed by atoms with E-state index in [0.717, 1.165) is 12.8 Å². The number of carboxylic acids is 1. The summed E-state index contributed by atoms with van der Waals surface area (Å²) < 4.78 is 0. The Bertz CT molecular complexity index is 502. The van der Waals surface area contributed by atoms with Gasteiger partial charge in [0.05, 0.1) is 5.56 Å². The predicted octanol–water partition coefficient (Wildman–Crippen LogP) is 2.37. The monoisotopic (exact) mass is 245 g/mol. The van der Waals surface area contributed by atoms with Gasteiger partial charge in [0.1, 0.15) is 0 Å². The van der Waals surface area contributed by atoms with Crippen molar-refractivity contribution in [2.45, 2.75) is 19.3 Å². The molecule has 4 nitrogen and oxygen atoms in total. The molecule has 0 radical (unpaired) electrons. The van der Waals surface area contributed by atoms with Gasteiger partial charge in [0.2, 0.25) is 5.91 Å². The highest BCUT2D eigenvalue weighted by Crippen LogP contribution is 2.57. The molecule has 4 heteroatoms. The van der Waals surface area contributed by atoms with Gasteiger partial charge in [-0.2, -0.15) is 0 Å². The van der Waals surface area contributed by atoms with Crippen molar-refractivity contribution < 1.29 is 14.7 Å². The molecule has 2 fully saturated rings. The van der Waals surface area contributed by atoms with Gasteiger partial charge in [0.25, 0.3) is 0 Å². The van der Waals surface area contributed by atoms with E-state index >= 15 is 0 Å². The molecule has 1 aromatic carbocycles. The molecular weight excluding hydrogens is 230 g/mol. The molecule has 94 valence electrons. The van der Waals surface area contributed by atoms with Gasteiger partial charge in [-0.15, -0.1) is 0 Å².